The van der Waals surface area contributed by atoms with Crippen LogP contribution in [0.3, 0.4) is 0 Å². The zero-order chi connectivity index (χ0) is 26.5. The minimum atomic E-state index is -0.803. The van der Waals surface area contributed by atoms with Crippen molar-refractivity contribution in [2.75, 3.05) is 13.7 Å². The molecule has 8 atom stereocenters. The van der Waals surface area contributed by atoms with Crippen LogP contribution in [0.5, 0.6) is 0 Å². The SMILES string of the molecule is COC(=O)[C@@H]1C[C@H](O)CN1C(=O)CCC(=O)O[C@@H]1CC[C@@H]2[C@@H]3CCC4=CC(=O)CC[C@]4(C)[C@H]3CC[C@@]21C. The van der Waals surface area contributed by atoms with Gasteiger partial charge in [0, 0.05) is 31.2 Å². The first-order chi connectivity index (χ1) is 17.6. The van der Waals surface area contributed by atoms with Crippen molar-refractivity contribution < 1.29 is 33.8 Å². The van der Waals surface area contributed by atoms with Gasteiger partial charge in [0.2, 0.25) is 5.91 Å². The molecule has 0 spiro atoms. The largest absolute Gasteiger partial charge is 0.467 e. The maximum Gasteiger partial charge on any atom is 0.328 e. The summed E-state index contributed by atoms with van der Waals surface area (Å²) in [5, 5.41) is 9.93. The number of β-amino-alcohol motifs (C(OH)–C–C–N with tert-alkyl or cyclic N) is 1. The van der Waals surface area contributed by atoms with Crippen molar-refractivity contribution in [3.8, 4) is 0 Å². The minimum absolute atomic E-state index is 0.0388. The van der Waals surface area contributed by atoms with E-state index in [1.165, 1.54) is 17.6 Å². The molecule has 3 saturated carbocycles. The normalized spacial score (nSPS) is 40.8. The number of ether oxygens (including phenoxy) is 2. The second kappa shape index (κ2) is 9.83. The van der Waals surface area contributed by atoms with Crippen molar-refractivity contribution in [2.45, 2.75) is 103 Å². The molecule has 0 aromatic rings. The van der Waals surface area contributed by atoms with E-state index in [-0.39, 0.29) is 60.4 Å². The molecule has 1 amide bonds. The Bertz CT molecular complexity index is 1010. The molecular weight excluding hydrogens is 474 g/mol. The van der Waals surface area contributed by atoms with Gasteiger partial charge in [-0.15, -0.1) is 0 Å². The first kappa shape index (κ1) is 26.4. The van der Waals surface area contributed by atoms with Gasteiger partial charge in [-0.1, -0.05) is 19.4 Å². The number of allylic oxidation sites excluding steroid dienone is 1. The summed E-state index contributed by atoms with van der Waals surface area (Å²) < 4.78 is 10.8. The monoisotopic (exact) mass is 515 g/mol. The maximum absolute atomic E-state index is 12.8. The summed E-state index contributed by atoms with van der Waals surface area (Å²) in [6, 6.07) is -0.803. The van der Waals surface area contributed by atoms with E-state index in [0.717, 1.165) is 44.9 Å². The third-order valence-corrected chi connectivity index (χ3v) is 10.8. The van der Waals surface area contributed by atoms with Crippen LogP contribution in [0.4, 0.5) is 0 Å². The van der Waals surface area contributed by atoms with Crippen molar-refractivity contribution in [2.24, 2.45) is 28.6 Å². The Morgan fingerprint density at radius 1 is 1.05 bits per heavy atom. The van der Waals surface area contributed by atoms with Gasteiger partial charge < -0.3 is 19.5 Å². The van der Waals surface area contributed by atoms with Crippen LogP contribution in [0, 0.1) is 28.6 Å². The number of fused-ring (bicyclic) bond motifs is 5. The van der Waals surface area contributed by atoms with E-state index in [2.05, 4.69) is 13.8 Å². The highest BCUT2D eigenvalue weighted by atomic mass is 16.5. The number of amides is 1. The third-order valence-electron chi connectivity index (χ3n) is 10.8. The Kier molecular flexibility index (Phi) is 7.01. The molecule has 1 heterocycles. The van der Waals surface area contributed by atoms with Crippen molar-refractivity contribution in [3.63, 3.8) is 0 Å². The molecule has 8 heteroatoms. The first-order valence-corrected chi connectivity index (χ1v) is 14.1. The summed E-state index contributed by atoms with van der Waals surface area (Å²) in [7, 11) is 1.26. The van der Waals surface area contributed by atoms with Gasteiger partial charge in [-0.2, -0.15) is 0 Å². The fraction of sp³-hybridized carbons (Fsp3) is 0.793. The van der Waals surface area contributed by atoms with Crippen LogP contribution >= 0.6 is 0 Å². The lowest BCUT2D eigenvalue weighted by Crippen LogP contribution is -2.51. The highest BCUT2D eigenvalue weighted by molar-refractivity contribution is 5.91. The summed E-state index contributed by atoms with van der Waals surface area (Å²) in [5.41, 5.74) is 1.43. The third kappa shape index (κ3) is 4.53. The Labute approximate surface area is 219 Å². The van der Waals surface area contributed by atoms with Crippen molar-refractivity contribution in [3.05, 3.63) is 11.6 Å². The molecule has 8 nitrogen and oxygen atoms in total. The second-order valence-electron chi connectivity index (χ2n) is 12.5. The molecular formula is C29H41NO7. The Hall–Kier alpha value is -2.22. The summed E-state index contributed by atoms with van der Waals surface area (Å²) in [6.45, 7) is 4.73. The molecule has 204 valence electrons. The molecule has 0 aromatic heterocycles. The first-order valence-electron chi connectivity index (χ1n) is 14.1. The fourth-order valence-corrected chi connectivity index (χ4v) is 8.72. The summed E-state index contributed by atoms with van der Waals surface area (Å²) in [4.78, 5) is 51.0. The lowest BCUT2D eigenvalue weighted by Gasteiger charge is -2.57. The topological polar surface area (TPSA) is 110 Å². The highest BCUT2D eigenvalue weighted by Crippen LogP contribution is 2.65. The van der Waals surface area contributed by atoms with Gasteiger partial charge in [-0.05, 0) is 74.2 Å². The molecule has 4 fully saturated rings. The van der Waals surface area contributed by atoms with Gasteiger partial charge in [0.1, 0.15) is 12.1 Å². The van der Waals surface area contributed by atoms with Gasteiger partial charge >= 0.3 is 11.9 Å². The number of nitrogens with zero attached hydrogens (tertiary/aromatic N) is 1. The smallest absolute Gasteiger partial charge is 0.328 e. The van der Waals surface area contributed by atoms with Crippen molar-refractivity contribution >= 4 is 23.6 Å². The van der Waals surface area contributed by atoms with E-state index in [1.807, 2.05) is 6.08 Å². The summed E-state index contributed by atoms with van der Waals surface area (Å²) in [5.74, 6) is 0.703. The number of hydrogen-bond donors (Lipinski definition) is 1. The molecule has 0 bridgehead atoms. The Balaban J connectivity index is 1.19. The number of carbonyl (C=O) groups excluding carboxylic acids is 4. The predicted octanol–water partition coefficient (Wildman–Crippen LogP) is 3.35. The van der Waals surface area contributed by atoms with E-state index in [9.17, 15) is 24.3 Å². The van der Waals surface area contributed by atoms with E-state index >= 15 is 0 Å². The van der Waals surface area contributed by atoms with Crippen LogP contribution in [0.15, 0.2) is 11.6 Å². The molecule has 0 radical (unpaired) electrons. The minimum Gasteiger partial charge on any atom is -0.467 e. The molecule has 4 aliphatic carbocycles. The molecule has 37 heavy (non-hydrogen) atoms. The molecule has 1 aliphatic heterocycles. The van der Waals surface area contributed by atoms with E-state index in [4.69, 9.17) is 9.47 Å². The predicted molar refractivity (Wildman–Crippen MR) is 134 cm³/mol. The van der Waals surface area contributed by atoms with Crippen LogP contribution in [0.25, 0.3) is 0 Å². The van der Waals surface area contributed by atoms with Crippen molar-refractivity contribution in [1.82, 2.24) is 4.90 Å². The molecule has 5 aliphatic rings. The second-order valence-corrected chi connectivity index (χ2v) is 12.5. The van der Waals surface area contributed by atoms with Crippen LogP contribution in [0.1, 0.15) is 84.5 Å². The number of carbonyl (C=O) groups is 4. The number of likely N-dealkylation sites (tertiary alicyclic amines) is 1. The lowest BCUT2D eigenvalue weighted by atomic mass is 9.47. The van der Waals surface area contributed by atoms with Gasteiger partial charge in [0.15, 0.2) is 5.78 Å². The van der Waals surface area contributed by atoms with Crippen LogP contribution in [0.2, 0.25) is 0 Å². The van der Waals surface area contributed by atoms with Crippen LogP contribution < -0.4 is 0 Å². The Morgan fingerprint density at radius 3 is 2.59 bits per heavy atom. The molecule has 0 aromatic carbocycles. The molecule has 1 saturated heterocycles. The number of hydrogen-bond acceptors (Lipinski definition) is 7. The summed E-state index contributed by atoms with van der Waals surface area (Å²) in [6.07, 6.45) is 8.81. The average Bonchev–Trinajstić information content (AvgIpc) is 3.42. The van der Waals surface area contributed by atoms with E-state index in [1.54, 1.807) is 0 Å². The van der Waals surface area contributed by atoms with E-state index in [0.29, 0.717) is 24.2 Å². The van der Waals surface area contributed by atoms with E-state index < -0.39 is 18.1 Å². The van der Waals surface area contributed by atoms with Crippen LogP contribution in [-0.2, 0) is 28.7 Å². The number of rotatable bonds is 5. The summed E-state index contributed by atoms with van der Waals surface area (Å²) >= 11 is 0. The van der Waals surface area contributed by atoms with Gasteiger partial charge in [-0.3, -0.25) is 14.4 Å². The maximum atomic E-state index is 12.8. The fourth-order valence-electron chi connectivity index (χ4n) is 8.72. The van der Waals surface area contributed by atoms with Gasteiger partial charge in [0.25, 0.3) is 0 Å². The van der Waals surface area contributed by atoms with Gasteiger partial charge in [0.05, 0.1) is 19.6 Å². The number of methoxy groups -OCH3 is 1. The van der Waals surface area contributed by atoms with Crippen LogP contribution in [-0.4, -0.2) is 65.5 Å². The highest BCUT2D eigenvalue weighted by Gasteiger charge is 2.60. The number of ketones is 1. The Morgan fingerprint density at radius 2 is 1.84 bits per heavy atom. The number of esters is 2. The van der Waals surface area contributed by atoms with Gasteiger partial charge in [-0.25, -0.2) is 4.79 Å². The molecule has 0 unspecified atom stereocenters. The molecule has 5 rings (SSSR count). The van der Waals surface area contributed by atoms with Crippen molar-refractivity contribution in [1.29, 1.82) is 0 Å². The average molecular weight is 516 g/mol. The number of aliphatic hydroxyl groups excluding tert-OH is 1. The lowest BCUT2D eigenvalue weighted by molar-refractivity contribution is -0.161. The zero-order valence-corrected chi connectivity index (χ0v) is 22.4. The quantitative estimate of drug-likeness (QED) is 0.559. The standard InChI is InChI=1S/C29H41NO7/c1-28-12-10-18(31)14-17(28)4-5-20-21-6-7-24(29(21,2)13-11-22(20)28)37-26(34)9-8-25(33)30-16-19(32)15-23(30)27(35)36-3/h14,19-24,32H,4-13,15-16H2,1-3H3/t19-,20-,21+,22-,23-,24+,28-,29-/m0/s1. The molecule has 1 N–H and O–H groups in total. The number of aliphatic hydroxyl groups is 1. The zero-order valence-electron chi connectivity index (χ0n) is 22.4.